The van der Waals surface area contributed by atoms with Crippen LogP contribution in [0.1, 0.15) is 11.1 Å². The van der Waals surface area contributed by atoms with Crippen LogP contribution in [0, 0.1) is 0 Å². The third kappa shape index (κ3) is 2.83. The van der Waals surface area contributed by atoms with Gasteiger partial charge in [0.15, 0.2) is 0 Å². The van der Waals surface area contributed by atoms with E-state index in [4.69, 9.17) is 16.3 Å². The number of carbonyl (C=O) groups is 1. The number of rotatable bonds is 4. The maximum atomic E-state index is 10.4. The van der Waals surface area contributed by atoms with Crippen LogP contribution in [-0.2, 0) is 22.6 Å². The number of hydrogen-bond donors (Lipinski definition) is 0. The standard InChI is InChI=1S/C10H11ClO2/c1-13-7-9-2-3-10(11)6-8(9)4-5-12/h2-3,5-6H,4,7H2,1H3. The molecule has 70 valence electrons. The normalized spacial score (nSPS) is 10.0. The van der Waals surface area contributed by atoms with Crippen molar-refractivity contribution in [3.8, 4) is 0 Å². The fourth-order valence-electron chi connectivity index (χ4n) is 1.17. The first-order valence-electron chi connectivity index (χ1n) is 3.97. The minimum Gasteiger partial charge on any atom is -0.380 e. The zero-order chi connectivity index (χ0) is 9.68. The predicted molar refractivity (Wildman–Crippen MR) is 51.9 cm³/mol. The third-order valence-corrected chi connectivity index (χ3v) is 2.01. The van der Waals surface area contributed by atoms with Crippen molar-refractivity contribution in [2.75, 3.05) is 7.11 Å². The lowest BCUT2D eigenvalue weighted by molar-refractivity contribution is -0.107. The molecule has 0 unspecified atom stereocenters. The highest BCUT2D eigenvalue weighted by Gasteiger charge is 2.02. The highest BCUT2D eigenvalue weighted by molar-refractivity contribution is 6.30. The van der Waals surface area contributed by atoms with Gasteiger partial charge in [-0.05, 0) is 23.3 Å². The van der Waals surface area contributed by atoms with E-state index in [1.165, 1.54) is 0 Å². The lowest BCUT2D eigenvalue weighted by atomic mass is 10.1. The Kier molecular flexibility index (Phi) is 3.93. The zero-order valence-electron chi connectivity index (χ0n) is 7.42. The second-order valence-electron chi connectivity index (χ2n) is 2.72. The summed E-state index contributed by atoms with van der Waals surface area (Å²) >= 11 is 5.80. The van der Waals surface area contributed by atoms with Gasteiger partial charge in [0.2, 0.25) is 0 Å². The quantitative estimate of drug-likeness (QED) is 0.694. The van der Waals surface area contributed by atoms with E-state index in [1.807, 2.05) is 6.07 Å². The first-order valence-corrected chi connectivity index (χ1v) is 4.35. The average Bonchev–Trinajstić information content (AvgIpc) is 2.10. The summed E-state index contributed by atoms with van der Waals surface area (Å²) in [4.78, 5) is 10.4. The van der Waals surface area contributed by atoms with Gasteiger partial charge in [0, 0.05) is 18.6 Å². The molecule has 0 saturated heterocycles. The Morgan fingerprint density at radius 1 is 1.46 bits per heavy atom. The molecule has 0 aliphatic heterocycles. The van der Waals surface area contributed by atoms with Crippen molar-refractivity contribution < 1.29 is 9.53 Å². The van der Waals surface area contributed by atoms with E-state index in [-0.39, 0.29) is 0 Å². The van der Waals surface area contributed by atoms with Crippen molar-refractivity contribution in [2.24, 2.45) is 0 Å². The molecule has 0 bridgehead atoms. The second kappa shape index (κ2) is 5.00. The zero-order valence-corrected chi connectivity index (χ0v) is 8.17. The molecule has 0 atom stereocenters. The van der Waals surface area contributed by atoms with Gasteiger partial charge in [0.1, 0.15) is 6.29 Å². The molecule has 0 aliphatic rings. The number of halogens is 1. The number of carbonyl (C=O) groups excluding carboxylic acids is 1. The van der Waals surface area contributed by atoms with Gasteiger partial charge in [-0.15, -0.1) is 0 Å². The smallest absolute Gasteiger partial charge is 0.124 e. The lowest BCUT2D eigenvalue weighted by Gasteiger charge is -2.06. The van der Waals surface area contributed by atoms with Gasteiger partial charge in [-0.2, -0.15) is 0 Å². The van der Waals surface area contributed by atoms with Crippen LogP contribution in [0.25, 0.3) is 0 Å². The molecule has 0 amide bonds. The van der Waals surface area contributed by atoms with E-state index in [0.29, 0.717) is 18.1 Å². The molecule has 0 aromatic heterocycles. The molecule has 0 saturated carbocycles. The van der Waals surface area contributed by atoms with Crippen molar-refractivity contribution in [1.82, 2.24) is 0 Å². The summed E-state index contributed by atoms with van der Waals surface area (Å²) in [6, 6.07) is 5.47. The van der Waals surface area contributed by atoms with E-state index in [2.05, 4.69) is 0 Å². The average molecular weight is 199 g/mol. The Bertz CT molecular complexity index is 297. The van der Waals surface area contributed by atoms with Crippen LogP contribution in [0.3, 0.4) is 0 Å². The molecule has 1 aromatic carbocycles. The monoisotopic (exact) mass is 198 g/mol. The van der Waals surface area contributed by atoms with Crippen LogP contribution < -0.4 is 0 Å². The Morgan fingerprint density at radius 3 is 2.85 bits per heavy atom. The molecule has 3 heteroatoms. The largest absolute Gasteiger partial charge is 0.380 e. The van der Waals surface area contributed by atoms with Crippen molar-refractivity contribution in [2.45, 2.75) is 13.0 Å². The van der Waals surface area contributed by atoms with Gasteiger partial charge >= 0.3 is 0 Å². The van der Waals surface area contributed by atoms with Crippen molar-refractivity contribution in [3.63, 3.8) is 0 Å². The topological polar surface area (TPSA) is 26.3 Å². The van der Waals surface area contributed by atoms with E-state index >= 15 is 0 Å². The first kappa shape index (κ1) is 10.2. The van der Waals surface area contributed by atoms with Crippen LogP contribution in [0.2, 0.25) is 5.02 Å². The van der Waals surface area contributed by atoms with Gasteiger partial charge in [0.05, 0.1) is 6.61 Å². The molecule has 1 aromatic rings. The molecule has 0 radical (unpaired) electrons. The van der Waals surface area contributed by atoms with E-state index < -0.39 is 0 Å². The minimum atomic E-state index is 0.388. The fourth-order valence-corrected chi connectivity index (χ4v) is 1.37. The summed E-state index contributed by atoms with van der Waals surface area (Å²) in [6.07, 6.45) is 1.25. The lowest BCUT2D eigenvalue weighted by Crippen LogP contribution is -1.96. The molecule has 13 heavy (non-hydrogen) atoms. The van der Waals surface area contributed by atoms with Gasteiger partial charge in [0.25, 0.3) is 0 Å². The van der Waals surface area contributed by atoms with Gasteiger partial charge < -0.3 is 9.53 Å². The van der Waals surface area contributed by atoms with E-state index in [0.717, 1.165) is 17.4 Å². The summed E-state index contributed by atoms with van der Waals surface area (Å²) in [5, 5.41) is 0.650. The number of benzene rings is 1. The predicted octanol–water partition coefficient (Wildman–Crippen LogP) is 2.23. The highest BCUT2D eigenvalue weighted by Crippen LogP contribution is 2.16. The molecule has 2 nitrogen and oxygen atoms in total. The van der Waals surface area contributed by atoms with Gasteiger partial charge in [-0.1, -0.05) is 17.7 Å². The summed E-state index contributed by atoms with van der Waals surface area (Å²) in [7, 11) is 1.62. The highest BCUT2D eigenvalue weighted by atomic mass is 35.5. The molecule has 0 N–H and O–H groups in total. The maximum absolute atomic E-state index is 10.4. The first-order chi connectivity index (χ1) is 6.27. The minimum absolute atomic E-state index is 0.388. The molecular weight excluding hydrogens is 188 g/mol. The molecule has 0 heterocycles. The summed E-state index contributed by atoms with van der Waals surface area (Å²) in [5.74, 6) is 0. The number of hydrogen-bond acceptors (Lipinski definition) is 2. The van der Waals surface area contributed by atoms with Crippen LogP contribution in [0.4, 0.5) is 0 Å². The molecule has 1 rings (SSSR count). The van der Waals surface area contributed by atoms with Gasteiger partial charge in [-0.3, -0.25) is 0 Å². The van der Waals surface area contributed by atoms with E-state index in [1.54, 1.807) is 19.2 Å². The van der Waals surface area contributed by atoms with Crippen molar-refractivity contribution in [1.29, 1.82) is 0 Å². The SMILES string of the molecule is COCc1ccc(Cl)cc1CC=O. The summed E-state index contributed by atoms with van der Waals surface area (Å²) in [6.45, 7) is 0.514. The Labute approximate surface area is 82.5 Å². The second-order valence-corrected chi connectivity index (χ2v) is 3.15. The third-order valence-electron chi connectivity index (χ3n) is 1.77. The maximum Gasteiger partial charge on any atom is 0.124 e. The number of ether oxygens (including phenoxy) is 1. The molecular formula is C10H11ClO2. The van der Waals surface area contributed by atoms with Crippen LogP contribution in [-0.4, -0.2) is 13.4 Å². The van der Waals surface area contributed by atoms with Crippen molar-refractivity contribution >= 4 is 17.9 Å². The van der Waals surface area contributed by atoms with E-state index in [9.17, 15) is 4.79 Å². The summed E-state index contributed by atoms with van der Waals surface area (Å²) < 4.78 is 5.00. The van der Waals surface area contributed by atoms with Crippen LogP contribution in [0.5, 0.6) is 0 Å². The van der Waals surface area contributed by atoms with Gasteiger partial charge in [-0.25, -0.2) is 0 Å². The number of methoxy groups -OCH3 is 1. The fraction of sp³-hybridized carbons (Fsp3) is 0.300. The number of aldehydes is 1. The van der Waals surface area contributed by atoms with Crippen LogP contribution in [0.15, 0.2) is 18.2 Å². The van der Waals surface area contributed by atoms with Crippen molar-refractivity contribution in [3.05, 3.63) is 34.3 Å². The van der Waals surface area contributed by atoms with Crippen LogP contribution >= 0.6 is 11.6 Å². The Hall–Kier alpha value is -0.860. The molecule has 0 fully saturated rings. The summed E-state index contributed by atoms with van der Waals surface area (Å²) in [5.41, 5.74) is 1.95. The molecule has 0 spiro atoms. The molecule has 0 aliphatic carbocycles. The Balaban J connectivity index is 2.95. The Morgan fingerprint density at radius 2 is 2.23 bits per heavy atom.